The maximum atomic E-state index is 12.1. The Labute approximate surface area is 163 Å². The molecule has 4 heterocycles. The van der Waals surface area contributed by atoms with Crippen LogP contribution in [-0.4, -0.2) is 31.6 Å². The zero-order chi connectivity index (χ0) is 19.3. The van der Waals surface area contributed by atoms with Gasteiger partial charge in [0, 0.05) is 12.6 Å². The van der Waals surface area contributed by atoms with Crippen LogP contribution in [0.5, 0.6) is 0 Å². The minimum Gasteiger partial charge on any atom is -0.461 e. The van der Waals surface area contributed by atoms with Gasteiger partial charge in [0.25, 0.3) is 0 Å². The number of rotatable bonds is 8. The van der Waals surface area contributed by atoms with Crippen LogP contribution < -0.4 is 0 Å². The Bertz CT molecular complexity index is 1040. The van der Waals surface area contributed by atoms with Gasteiger partial charge in [-0.2, -0.15) is 0 Å². The summed E-state index contributed by atoms with van der Waals surface area (Å²) < 4.78 is 22.9. The van der Waals surface area contributed by atoms with Gasteiger partial charge in [0.05, 0.1) is 18.3 Å². The number of nitrogens with zero attached hydrogens (tertiary/aromatic N) is 4. The highest BCUT2D eigenvalue weighted by atomic mass is 32.2. The highest BCUT2D eigenvalue weighted by Crippen LogP contribution is 2.24. The highest BCUT2D eigenvalue weighted by molar-refractivity contribution is 7.99. The van der Waals surface area contributed by atoms with E-state index in [2.05, 4.69) is 15.4 Å². The molecule has 0 N–H and O–H groups in total. The molecule has 144 valence electrons. The third-order valence-corrected chi connectivity index (χ3v) is 4.74. The summed E-state index contributed by atoms with van der Waals surface area (Å²) >= 11 is 1.25. The summed E-state index contributed by atoms with van der Waals surface area (Å²) in [5, 5.41) is 12.8. The van der Waals surface area contributed by atoms with Crippen LogP contribution in [0.2, 0.25) is 0 Å². The van der Waals surface area contributed by atoms with Crippen molar-refractivity contribution in [1.82, 2.24) is 19.9 Å². The molecule has 0 saturated heterocycles. The van der Waals surface area contributed by atoms with Gasteiger partial charge in [-0.25, -0.2) is 0 Å². The number of hydrogen-bond donors (Lipinski definition) is 0. The molecule has 4 rings (SSSR count). The second kappa shape index (κ2) is 8.17. The van der Waals surface area contributed by atoms with Crippen LogP contribution in [0, 0.1) is 0 Å². The van der Waals surface area contributed by atoms with Gasteiger partial charge in [-0.1, -0.05) is 16.9 Å². The summed E-state index contributed by atoms with van der Waals surface area (Å²) in [4.78, 5) is 12.1. The molecule has 4 aromatic rings. The van der Waals surface area contributed by atoms with Crippen LogP contribution in [0.25, 0.3) is 23.1 Å². The first-order valence-electron chi connectivity index (χ1n) is 8.49. The number of esters is 1. The highest BCUT2D eigenvalue weighted by Gasteiger charge is 2.17. The Balaban J connectivity index is 1.31. The standard InChI is InChI=1S/C18H16N4O5S/c1-2-22-17(14-6-4-8-25-14)19-20-18(22)28-11-16(23)26-10-12-9-15(27-21-12)13-5-3-7-24-13/h3-9H,2,10-11H2,1H3. The first-order valence-corrected chi connectivity index (χ1v) is 9.48. The molecule has 0 aliphatic rings. The Morgan fingerprint density at radius 3 is 2.64 bits per heavy atom. The largest absolute Gasteiger partial charge is 0.461 e. The molecule has 0 aliphatic carbocycles. The van der Waals surface area contributed by atoms with E-state index in [1.807, 2.05) is 17.6 Å². The lowest BCUT2D eigenvalue weighted by Crippen LogP contribution is -2.08. The van der Waals surface area contributed by atoms with Crippen LogP contribution in [-0.2, 0) is 22.7 Å². The predicted molar refractivity (Wildman–Crippen MR) is 98.1 cm³/mol. The van der Waals surface area contributed by atoms with Crippen molar-refractivity contribution in [2.45, 2.75) is 25.2 Å². The molecule has 10 heteroatoms. The smallest absolute Gasteiger partial charge is 0.316 e. The first kappa shape index (κ1) is 18.1. The summed E-state index contributed by atoms with van der Waals surface area (Å²) in [5.74, 6) is 1.99. The quantitative estimate of drug-likeness (QED) is 0.323. The van der Waals surface area contributed by atoms with Crippen molar-refractivity contribution in [3.05, 3.63) is 48.6 Å². The third kappa shape index (κ3) is 3.86. The van der Waals surface area contributed by atoms with E-state index in [-0.39, 0.29) is 12.4 Å². The molecule has 0 saturated carbocycles. The van der Waals surface area contributed by atoms with Crippen molar-refractivity contribution in [3.63, 3.8) is 0 Å². The van der Waals surface area contributed by atoms with Gasteiger partial charge in [-0.05, 0) is 31.2 Å². The maximum absolute atomic E-state index is 12.1. The third-order valence-electron chi connectivity index (χ3n) is 3.80. The van der Waals surface area contributed by atoms with Crippen molar-refractivity contribution in [2.75, 3.05) is 5.75 Å². The molecule has 4 aromatic heterocycles. The second-order valence-corrected chi connectivity index (χ2v) is 6.58. The molecule has 0 atom stereocenters. The van der Waals surface area contributed by atoms with E-state index in [0.29, 0.717) is 40.5 Å². The van der Waals surface area contributed by atoms with Crippen molar-refractivity contribution >= 4 is 17.7 Å². The number of ether oxygens (including phenoxy) is 1. The monoisotopic (exact) mass is 400 g/mol. The van der Waals surface area contributed by atoms with Crippen molar-refractivity contribution in [2.24, 2.45) is 0 Å². The van der Waals surface area contributed by atoms with E-state index in [4.69, 9.17) is 18.1 Å². The molecule has 0 amide bonds. The molecule has 0 radical (unpaired) electrons. The fraction of sp³-hybridized carbons (Fsp3) is 0.222. The Morgan fingerprint density at radius 1 is 1.14 bits per heavy atom. The lowest BCUT2D eigenvalue weighted by atomic mass is 10.3. The van der Waals surface area contributed by atoms with E-state index in [9.17, 15) is 4.79 Å². The Morgan fingerprint density at radius 2 is 1.93 bits per heavy atom. The van der Waals surface area contributed by atoms with Gasteiger partial charge in [-0.3, -0.25) is 9.36 Å². The van der Waals surface area contributed by atoms with Crippen molar-refractivity contribution in [3.8, 4) is 23.1 Å². The minimum atomic E-state index is -0.391. The Hall–Kier alpha value is -3.27. The molecule has 0 bridgehead atoms. The first-order chi connectivity index (χ1) is 13.7. The van der Waals surface area contributed by atoms with Crippen LogP contribution in [0.15, 0.2) is 61.4 Å². The molecular weight excluding hydrogens is 384 g/mol. The van der Waals surface area contributed by atoms with Crippen LogP contribution in [0.3, 0.4) is 0 Å². The Kier molecular flexibility index (Phi) is 5.29. The molecule has 0 unspecified atom stereocenters. The molecule has 28 heavy (non-hydrogen) atoms. The zero-order valence-electron chi connectivity index (χ0n) is 14.9. The van der Waals surface area contributed by atoms with E-state index < -0.39 is 5.97 Å². The summed E-state index contributed by atoms with van der Waals surface area (Å²) in [6, 6.07) is 8.78. The molecule has 0 fully saturated rings. The fourth-order valence-corrected chi connectivity index (χ4v) is 3.30. The minimum absolute atomic E-state index is 0.0156. The lowest BCUT2D eigenvalue weighted by molar-refractivity contribution is -0.141. The van der Waals surface area contributed by atoms with E-state index >= 15 is 0 Å². The lowest BCUT2D eigenvalue weighted by Gasteiger charge is -2.05. The summed E-state index contributed by atoms with van der Waals surface area (Å²) in [5.41, 5.74) is 0.501. The van der Waals surface area contributed by atoms with Crippen LogP contribution in [0.1, 0.15) is 12.6 Å². The van der Waals surface area contributed by atoms with E-state index in [1.165, 1.54) is 11.8 Å². The van der Waals surface area contributed by atoms with E-state index in [1.54, 1.807) is 36.8 Å². The van der Waals surface area contributed by atoms with Gasteiger partial charge >= 0.3 is 5.97 Å². The number of aromatic nitrogens is 4. The van der Waals surface area contributed by atoms with Crippen molar-refractivity contribution in [1.29, 1.82) is 0 Å². The van der Waals surface area contributed by atoms with Gasteiger partial charge in [-0.15, -0.1) is 10.2 Å². The number of furan rings is 2. The average Bonchev–Trinajstić information content (AvgIpc) is 3.49. The van der Waals surface area contributed by atoms with Crippen LogP contribution >= 0.6 is 11.8 Å². The second-order valence-electron chi connectivity index (χ2n) is 5.64. The maximum Gasteiger partial charge on any atom is 0.316 e. The predicted octanol–water partition coefficient (Wildman–Crippen LogP) is 3.64. The number of hydrogen-bond acceptors (Lipinski definition) is 9. The topological polar surface area (TPSA) is 109 Å². The fourth-order valence-electron chi connectivity index (χ4n) is 2.50. The van der Waals surface area contributed by atoms with Gasteiger partial charge < -0.3 is 18.1 Å². The summed E-state index contributed by atoms with van der Waals surface area (Å²) in [6.07, 6.45) is 3.12. The molecule has 0 spiro atoms. The van der Waals surface area contributed by atoms with Crippen molar-refractivity contribution < 1.29 is 22.9 Å². The summed E-state index contributed by atoms with van der Waals surface area (Å²) in [7, 11) is 0. The molecule has 9 nitrogen and oxygen atoms in total. The van der Waals surface area contributed by atoms with Gasteiger partial charge in [0.2, 0.25) is 5.76 Å². The van der Waals surface area contributed by atoms with Gasteiger partial charge in [0.1, 0.15) is 12.3 Å². The SMILES string of the molecule is CCn1c(SCC(=O)OCc2cc(-c3ccco3)on2)nnc1-c1ccco1. The summed E-state index contributed by atoms with van der Waals surface area (Å²) in [6.45, 7) is 2.63. The normalized spacial score (nSPS) is 11.0. The molecular formula is C18H16N4O5S. The van der Waals surface area contributed by atoms with E-state index in [0.717, 1.165) is 0 Å². The number of carbonyl (C=O) groups excluding carboxylic acids is 1. The average molecular weight is 400 g/mol. The van der Waals surface area contributed by atoms with Crippen LogP contribution in [0.4, 0.5) is 0 Å². The van der Waals surface area contributed by atoms with Gasteiger partial charge in [0.15, 0.2) is 22.5 Å². The number of carbonyl (C=O) groups is 1. The zero-order valence-corrected chi connectivity index (χ0v) is 15.7. The number of thioether (sulfide) groups is 1. The molecule has 0 aliphatic heterocycles. The molecule has 0 aromatic carbocycles.